The number of pyridine rings is 1. The molecule has 0 radical (unpaired) electrons. The number of aromatic nitrogens is 1. The zero-order valence-electron chi connectivity index (χ0n) is 9.97. The number of methoxy groups -OCH3 is 1. The van der Waals surface area contributed by atoms with Crippen LogP contribution in [0.2, 0.25) is 0 Å². The van der Waals surface area contributed by atoms with Crippen LogP contribution in [0, 0.1) is 17.2 Å². The third-order valence-corrected chi connectivity index (χ3v) is 2.29. The fourth-order valence-corrected chi connectivity index (χ4v) is 1.59. The van der Waals surface area contributed by atoms with Crippen LogP contribution >= 0.6 is 0 Å². The molecule has 86 valence electrons. The summed E-state index contributed by atoms with van der Waals surface area (Å²) in [5.41, 5.74) is 1.04. The molecule has 1 aromatic heterocycles. The van der Waals surface area contributed by atoms with Crippen LogP contribution in [0.15, 0.2) is 18.3 Å². The molecule has 0 N–H and O–H groups in total. The molecule has 0 aliphatic heterocycles. The Morgan fingerprint density at radius 2 is 2.38 bits per heavy atom. The Balaban J connectivity index is 2.62. The maximum Gasteiger partial charge on any atom is 0.217 e. The fraction of sp³-hybridized carbons (Fsp3) is 0.500. The van der Waals surface area contributed by atoms with E-state index in [0.29, 0.717) is 5.88 Å². The van der Waals surface area contributed by atoms with Crippen LogP contribution in [0.5, 0.6) is 5.88 Å². The number of ether oxygens (including phenoxy) is 1. The largest absolute Gasteiger partial charge is 0.481 e. The molecule has 0 fully saturated rings. The van der Waals surface area contributed by atoms with Crippen molar-refractivity contribution in [3.8, 4) is 11.9 Å². The number of rotatable bonds is 5. The minimum atomic E-state index is 0.0349. The molecule has 4 heteroatoms. The number of nitriles is 1. The van der Waals surface area contributed by atoms with Gasteiger partial charge in [0.25, 0.3) is 0 Å². The van der Waals surface area contributed by atoms with Gasteiger partial charge in [-0.3, -0.25) is 0 Å². The van der Waals surface area contributed by atoms with Crippen LogP contribution in [0.4, 0.5) is 0 Å². The van der Waals surface area contributed by atoms with E-state index in [2.05, 4.69) is 16.0 Å². The lowest BCUT2D eigenvalue weighted by Gasteiger charge is -2.18. The van der Waals surface area contributed by atoms with E-state index in [1.54, 1.807) is 13.3 Å². The molecular formula is C12H17N3O. The molecule has 0 saturated heterocycles. The van der Waals surface area contributed by atoms with Gasteiger partial charge in [0.15, 0.2) is 0 Å². The van der Waals surface area contributed by atoms with Crippen LogP contribution in [-0.4, -0.2) is 30.6 Å². The van der Waals surface area contributed by atoms with Crippen molar-refractivity contribution in [1.82, 2.24) is 9.88 Å². The van der Waals surface area contributed by atoms with Crippen molar-refractivity contribution in [2.75, 3.05) is 20.7 Å². The Hall–Kier alpha value is -1.60. The molecule has 1 unspecified atom stereocenters. The quantitative estimate of drug-likeness (QED) is 0.756. The van der Waals surface area contributed by atoms with Gasteiger partial charge in [-0.25, -0.2) is 4.98 Å². The second kappa shape index (κ2) is 6.09. The van der Waals surface area contributed by atoms with Gasteiger partial charge in [-0.1, -0.05) is 6.07 Å². The zero-order chi connectivity index (χ0) is 12.0. The van der Waals surface area contributed by atoms with Gasteiger partial charge in [0.05, 0.1) is 19.1 Å². The molecule has 1 atom stereocenters. The van der Waals surface area contributed by atoms with Crippen molar-refractivity contribution < 1.29 is 4.74 Å². The normalized spacial score (nSPS) is 12.2. The maximum atomic E-state index is 8.74. The third kappa shape index (κ3) is 3.52. The SMILES string of the molecule is COc1ncccc1CN(C)CC(C)C#N. The lowest BCUT2D eigenvalue weighted by atomic mass is 10.2. The molecule has 1 heterocycles. The predicted molar refractivity (Wildman–Crippen MR) is 61.9 cm³/mol. The number of hydrogen-bond acceptors (Lipinski definition) is 4. The van der Waals surface area contributed by atoms with Crippen LogP contribution in [0.3, 0.4) is 0 Å². The van der Waals surface area contributed by atoms with E-state index in [9.17, 15) is 0 Å². The molecule has 0 aliphatic carbocycles. The van der Waals surface area contributed by atoms with E-state index in [-0.39, 0.29) is 5.92 Å². The first-order valence-electron chi connectivity index (χ1n) is 5.23. The Bertz CT molecular complexity index is 373. The molecular weight excluding hydrogens is 202 g/mol. The first kappa shape index (κ1) is 12.5. The summed E-state index contributed by atoms with van der Waals surface area (Å²) in [6.07, 6.45) is 1.71. The summed E-state index contributed by atoms with van der Waals surface area (Å²) < 4.78 is 5.17. The monoisotopic (exact) mass is 219 g/mol. The average Bonchev–Trinajstić information content (AvgIpc) is 2.29. The molecule has 0 spiro atoms. The second-order valence-electron chi connectivity index (χ2n) is 3.90. The molecule has 0 aliphatic rings. The predicted octanol–water partition coefficient (Wildman–Crippen LogP) is 1.68. The van der Waals surface area contributed by atoms with E-state index < -0.39 is 0 Å². The van der Waals surface area contributed by atoms with E-state index in [0.717, 1.165) is 18.7 Å². The summed E-state index contributed by atoms with van der Waals surface area (Å²) in [6, 6.07) is 6.10. The van der Waals surface area contributed by atoms with Crippen molar-refractivity contribution in [2.24, 2.45) is 5.92 Å². The average molecular weight is 219 g/mol. The Kier molecular flexibility index (Phi) is 4.74. The lowest BCUT2D eigenvalue weighted by molar-refractivity contribution is 0.294. The summed E-state index contributed by atoms with van der Waals surface area (Å²) in [5, 5.41) is 8.74. The van der Waals surface area contributed by atoms with Gasteiger partial charge in [-0.05, 0) is 20.0 Å². The first-order chi connectivity index (χ1) is 7.67. The summed E-state index contributed by atoms with van der Waals surface area (Å²) in [5.74, 6) is 0.687. The minimum Gasteiger partial charge on any atom is -0.481 e. The smallest absolute Gasteiger partial charge is 0.217 e. The third-order valence-electron chi connectivity index (χ3n) is 2.29. The van der Waals surface area contributed by atoms with E-state index >= 15 is 0 Å². The molecule has 16 heavy (non-hydrogen) atoms. The maximum absolute atomic E-state index is 8.74. The van der Waals surface area contributed by atoms with Gasteiger partial charge in [0.1, 0.15) is 0 Å². The Labute approximate surface area is 96.5 Å². The van der Waals surface area contributed by atoms with Gasteiger partial charge in [0.2, 0.25) is 5.88 Å². The number of nitrogens with zero attached hydrogens (tertiary/aromatic N) is 3. The highest BCUT2D eigenvalue weighted by molar-refractivity contribution is 5.25. The summed E-state index contributed by atoms with van der Waals surface area (Å²) in [7, 11) is 3.60. The summed E-state index contributed by atoms with van der Waals surface area (Å²) >= 11 is 0. The number of hydrogen-bond donors (Lipinski definition) is 0. The van der Waals surface area contributed by atoms with Crippen LogP contribution in [0.1, 0.15) is 12.5 Å². The molecule has 1 rings (SSSR count). The van der Waals surface area contributed by atoms with Crippen molar-refractivity contribution in [2.45, 2.75) is 13.5 Å². The van der Waals surface area contributed by atoms with Gasteiger partial charge >= 0.3 is 0 Å². The highest BCUT2D eigenvalue weighted by atomic mass is 16.5. The van der Waals surface area contributed by atoms with Crippen LogP contribution in [-0.2, 0) is 6.54 Å². The van der Waals surface area contributed by atoms with Gasteiger partial charge in [-0.15, -0.1) is 0 Å². The minimum absolute atomic E-state index is 0.0349. The van der Waals surface area contributed by atoms with Crippen LogP contribution < -0.4 is 4.74 Å². The topological polar surface area (TPSA) is 49.1 Å². The van der Waals surface area contributed by atoms with E-state index in [4.69, 9.17) is 10.00 Å². The Morgan fingerprint density at radius 3 is 3.00 bits per heavy atom. The Morgan fingerprint density at radius 1 is 1.62 bits per heavy atom. The highest BCUT2D eigenvalue weighted by Gasteiger charge is 2.09. The zero-order valence-corrected chi connectivity index (χ0v) is 9.97. The van der Waals surface area contributed by atoms with Crippen molar-refractivity contribution >= 4 is 0 Å². The standard InChI is InChI=1S/C12H17N3O/c1-10(7-13)8-15(2)9-11-5-4-6-14-12(11)16-3/h4-6,10H,8-9H2,1-3H3. The van der Waals surface area contributed by atoms with Gasteiger partial charge in [0, 0.05) is 24.8 Å². The van der Waals surface area contributed by atoms with Crippen LogP contribution in [0.25, 0.3) is 0 Å². The van der Waals surface area contributed by atoms with Crippen molar-refractivity contribution in [1.29, 1.82) is 5.26 Å². The molecule has 0 aromatic carbocycles. The lowest BCUT2D eigenvalue weighted by Crippen LogP contribution is -2.23. The molecule has 0 saturated carbocycles. The van der Waals surface area contributed by atoms with E-state index in [1.165, 1.54) is 0 Å². The molecule has 0 amide bonds. The van der Waals surface area contributed by atoms with Gasteiger partial charge in [-0.2, -0.15) is 5.26 Å². The molecule has 0 bridgehead atoms. The fourth-order valence-electron chi connectivity index (χ4n) is 1.59. The first-order valence-corrected chi connectivity index (χ1v) is 5.23. The second-order valence-corrected chi connectivity index (χ2v) is 3.90. The van der Waals surface area contributed by atoms with Crippen molar-refractivity contribution in [3.05, 3.63) is 23.9 Å². The summed E-state index contributed by atoms with van der Waals surface area (Å²) in [4.78, 5) is 6.23. The van der Waals surface area contributed by atoms with Gasteiger partial charge < -0.3 is 9.64 Å². The summed E-state index contributed by atoms with van der Waals surface area (Å²) in [6.45, 7) is 3.40. The highest BCUT2D eigenvalue weighted by Crippen LogP contribution is 2.15. The molecule has 1 aromatic rings. The van der Waals surface area contributed by atoms with Crippen molar-refractivity contribution in [3.63, 3.8) is 0 Å². The molecule has 4 nitrogen and oxygen atoms in total. The van der Waals surface area contributed by atoms with E-state index in [1.807, 2.05) is 26.1 Å².